The quantitative estimate of drug-likeness (QED) is 0.220. The monoisotopic (exact) mass is 761 g/mol. The van der Waals surface area contributed by atoms with Crippen molar-refractivity contribution in [1.82, 2.24) is 26.3 Å². The number of carbonyl (C=O) groups is 6. The van der Waals surface area contributed by atoms with Crippen LogP contribution in [-0.2, 0) is 28.8 Å². The van der Waals surface area contributed by atoms with Crippen molar-refractivity contribution in [3.05, 3.63) is 70.3 Å². The molecule has 4 N–H and O–H groups in total. The van der Waals surface area contributed by atoms with Gasteiger partial charge < -0.3 is 25.6 Å². The van der Waals surface area contributed by atoms with Crippen molar-refractivity contribution in [2.24, 2.45) is 5.41 Å². The molecule has 1 unspecified atom stereocenters. The van der Waals surface area contributed by atoms with E-state index in [9.17, 15) is 28.8 Å². The molecule has 2 heterocycles. The molecule has 13 nitrogen and oxygen atoms in total. The van der Waals surface area contributed by atoms with Crippen LogP contribution >= 0.6 is 11.6 Å². The van der Waals surface area contributed by atoms with Gasteiger partial charge in [0.15, 0.2) is 5.78 Å². The Morgan fingerprint density at radius 3 is 2.52 bits per heavy atom. The van der Waals surface area contributed by atoms with Crippen molar-refractivity contribution in [3.63, 3.8) is 0 Å². The number of benzene rings is 2. The van der Waals surface area contributed by atoms with Crippen LogP contribution in [0.5, 0.6) is 5.75 Å². The minimum Gasteiger partial charge on any atom is -0.497 e. The van der Waals surface area contributed by atoms with Crippen molar-refractivity contribution in [2.45, 2.75) is 108 Å². The summed E-state index contributed by atoms with van der Waals surface area (Å²) in [6.07, 6.45) is 4.31. The van der Waals surface area contributed by atoms with Gasteiger partial charge in [0.05, 0.1) is 25.4 Å². The first-order chi connectivity index (χ1) is 25.6. The first-order valence-electron chi connectivity index (χ1n) is 18.5. The minimum atomic E-state index is -1.15. The fourth-order valence-electron chi connectivity index (χ4n) is 7.43. The van der Waals surface area contributed by atoms with Crippen LogP contribution in [0.2, 0.25) is 5.02 Å². The molecule has 14 heteroatoms. The average molecular weight is 762 g/mol. The molecule has 4 aliphatic rings. The molecule has 288 valence electrons. The van der Waals surface area contributed by atoms with Gasteiger partial charge in [0.1, 0.15) is 23.4 Å². The van der Waals surface area contributed by atoms with E-state index in [0.29, 0.717) is 28.5 Å². The van der Waals surface area contributed by atoms with E-state index in [1.165, 1.54) is 12.0 Å². The molecule has 0 bridgehead atoms. The molecule has 0 radical (unpaired) electrons. The molecular weight excluding hydrogens is 714 g/mol. The predicted octanol–water partition coefficient (Wildman–Crippen LogP) is 3.99. The van der Waals surface area contributed by atoms with Gasteiger partial charge in [0.2, 0.25) is 23.5 Å². The number of amides is 4. The van der Waals surface area contributed by atoms with Crippen LogP contribution in [-0.4, -0.2) is 83.5 Å². The van der Waals surface area contributed by atoms with E-state index in [-0.39, 0.29) is 44.1 Å². The maximum atomic E-state index is 14.7. The summed E-state index contributed by atoms with van der Waals surface area (Å²) in [6, 6.07) is 8.99. The summed E-state index contributed by atoms with van der Waals surface area (Å²) >= 11 is 6.26. The Labute approximate surface area is 319 Å². The predicted molar refractivity (Wildman–Crippen MR) is 200 cm³/mol. The van der Waals surface area contributed by atoms with Crippen molar-refractivity contribution < 1.29 is 38.3 Å². The first kappa shape index (κ1) is 39.0. The molecule has 2 aromatic carbocycles. The van der Waals surface area contributed by atoms with Crippen LogP contribution in [0.15, 0.2) is 48.5 Å². The van der Waals surface area contributed by atoms with E-state index in [4.69, 9.17) is 21.2 Å². The normalized spacial score (nSPS) is 22.9. The molecule has 6 rings (SSSR count). The number of hydrogen-bond acceptors (Lipinski definition) is 9. The van der Waals surface area contributed by atoms with Gasteiger partial charge in [0.25, 0.3) is 5.91 Å². The Hall–Kier alpha value is -4.75. The number of Topliss-reactive ketones (excluding diaryl/α,β-unsaturated/α-hetero) is 2. The standard InChI is InChI=1S/C40H48ClN5O8/c1-6-8-29(34(49)37(51)42-25-11-12-25)43-36(50)31-20-40(19-30(45-54-40)22-9-7-10-24(41)15-22)21-46(31)38(52)35(39(2,3)4)44-33(48)17-23-16-32(47)27-14-13-26(53-5)18-28(23)27/h7,9-10,13-15,18-19,23,25,29,31,35,45H,6,8,11-12,16-17,20-21H2,1-5H3,(H,42,51)(H,43,50)(H,44,48)/t23?,29-,31-,35+,40+/m0/s1. The number of hydrogen-bond donors (Lipinski definition) is 4. The molecule has 2 aromatic rings. The molecule has 1 saturated heterocycles. The van der Waals surface area contributed by atoms with E-state index in [1.807, 2.05) is 39.8 Å². The number of nitrogens with one attached hydrogen (secondary N) is 4. The number of fused-ring (bicyclic) bond motifs is 1. The minimum absolute atomic E-state index is 0.0244. The van der Waals surface area contributed by atoms with Gasteiger partial charge in [-0.2, -0.15) is 0 Å². The van der Waals surface area contributed by atoms with E-state index in [1.54, 1.807) is 36.4 Å². The molecule has 1 spiro atoms. The third kappa shape index (κ3) is 8.47. The highest BCUT2D eigenvalue weighted by Gasteiger charge is 2.54. The van der Waals surface area contributed by atoms with Crippen molar-refractivity contribution in [2.75, 3.05) is 13.7 Å². The van der Waals surface area contributed by atoms with Crippen molar-refractivity contribution >= 4 is 52.5 Å². The lowest BCUT2D eigenvalue weighted by atomic mass is 9.85. The summed E-state index contributed by atoms with van der Waals surface area (Å²) in [4.78, 5) is 89.0. The average Bonchev–Trinajstić information content (AvgIpc) is 3.59. The van der Waals surface area contributed by atoms with Crippen LogP contribution in [0.4, 0.5) is 0 Å². The Morgan fingerprint density at radius 2 is 1.85 bits per heavy atom. The van der Waals surface area contributed by atoms with Crippen LogP contribution < -0.4 is 26.2 Å². The lowest BCUT2D eigenvalue weighted by Gasteiger charge is -2.36. The number of carbonyl (C=O) groups excluding carboxylic acids is 6. The molecule has 1 saturated carbocycles. The number of rotatable bonds is 13. The topological polar surface area (TPSA) is 172 Å². The number of halogens is 1. The largest absolute Gasteiger partial charge is 0.497 e. The lowest BCUT2D eigenvalue weighted by molar-refractivity contribution is -0.145. The third-order valence-electron chi connectivity index (χ3n) is 10.5. The van der Waals surface area contributed by atoms with E-state index in [0.717, 1.165) is 24.0 Å². The number of ether oxygens (including phenoxy) is 1. The van der Waals surface area contributed by atoms with E-state index >= 15 is 0 Å². The third-order valence-corrected chi connectivity index (χ3v) is 10.7. The molecule has 2 aliphatic heterocycles. The summed E-state index contributed by atoms with van der Waals surface area (Å²) < 4.78 is 5.35. The molecule has 0 aromatic heterocycles. The molecule has 2 aliphatic carbocycles. The highest BCUT2D eigenvalue weighted by atomic mass is 35.5. The molecular formula is C40H48ClN5O8. The summed E-state index contributed by atoms with van der Waals surface area (Å²) in [5.41, 5.74) is 3.60. The zero-order valence-corrected chi connectivity index (χ0v) is 32.0. The van der Waals surface area contributed by atoms with Gasteiger partial charge >= 0.3 is 0 Å². The summed E-state index contributed by atoms with van der Waals surface area (Å²) in [7, 11) is 1.53. The molecule has 2 fully saturated rings. The number of methoxy groups -OCH3 is 1. The van der Waals surface area contributed by atoms with Crippen molar-refractivity contribution in [3.8, 4) is 5.75 Å². The SMILES string of the molecule is CCC[C@H](NC(=O)[C@@H]1C[C@]2(C=C(c3cccc(Cl)c3)NO2)CN1C(=O)[C@@H](NC(=O)CC1CC(=O)c2ccc(OC)cc21)C(C)(C)C)C(=O)C(=O)NC1CC1. The zero-order chi connectivity index (χ0) is 38.9. The van der Waals surface area contributed by atoms with Crippen LogP contribution in [0.25, 0.3) is 5.70 Å². The van der Waals surface area contributed by atoms with E-state index < -0.39 is 64.5 Å². The summed E-state index contributed by atoms with van der Waals surface area (Å²) in [5.74, 6) is -2.94. The second-order valence-electron chi connectivity index (χ2n) is 15.8. The maximum absolute atomic E-state index is 14.7. The van der Waals surface area contributed by atoms with Crippen molar-refractivity contribution in [1.29, 1.82) is 0 Å². The highest BCUT2D eigenvalue weighted by molar-refractivity contribution is 6.38. The molecule has 5 atom stereocenters. The number of nitrogens with zero attached hydrogens (tertiary/aromatic N) is 1. The second-order valence-corrected chi connectivity index (χ2v) is 16.3. The highest BCUT2D eigenvalue weighted by Crippen LogP contribution is 2.40. The number of likely N-dealkylation sites (tertiary alicyclic amines) is 1. The van der Waals surface area contributed by atoms with Gasteiger partial charge in [0, 0.05) is 47.4 Å². The fraction of sp³-hybridized carbons (Fsp3) is 0.500. The Balaban J connectivity index is 1.26. The second kappa shape index (κ2) is 15.5. The lowest BCUT2D eigenvalue weighted by Crippen LogP contribution is -2.59. The van der Waals surface area contributed by atoms with Gasteiger partial charge in [-0.3, -0.25) is 39.1 Å². The first-order valence-corrected chi connectivity index (χ1v) is 18.9. The summed E-state index contributed by atoms with van der Waals surface area (Å²) in [6.45, 7) is 7.24. The van der Waals surface area contributed by atoms with Gasteiger partial charge in [-0.15, -0.1) is 0 Å². The zero-order valence-electron chi connectivity index (χ0n) is 31.3. The summed E-state index contributed by atoms with van der Waals surface area (Å²) in [5, 5.41) is 8.93. The molecule has 54 heavy (non-hydrogen) atoms. The van der Waals surface area contributed by atoms with E-state index in [2.05, 4.69) is 21.4 Å². The number of ketones is 2. The van der Waals surface area contributed by atoms with Gasteiger partial charge in [-0.05, 0) is 66.6 Å². The van der Waals surface area contributed by atoms with Gasteiger partial charge in [-0.25, -0.2) is 0 Å². The Morgan fingerprint density at radius 1 is 1.09 bits per heavy atom. The van der Waals surface area contributed by atoms with Gasteiger partial charge in [-0.1, -0.05) is 57.8 Å². The fourth-order valence-corrected chi connectivity index (χ4v) is 7.62. The number of hydroxylamine groups is 1. The van der Waals surface area contributed by atoms with Crippen LogP contribution in [0.3, 0.4) is 0 Å². The Kier molecular flexibility index (Phi) is 11.2. The Bertz CT molecular complexity index is 1890. The smallest absolute Gasteiger partial charge is 0.289 e. The molecule has 4 amide bonds. The maximum Gasteiger partial charge on any atom is 0.289 e. The van der Waals surface area contributed by atoms with Crippen LogP contribution in [0.1, 0.15) is 100 Å². The van der Waals surface area contributed by atoms with Crippen LogP contribution in [0, 0.1) is 5.41 Å².